The van der Waals surface area contributed by atoms with Crippen LogP contribution < -0.4 is 5.32 Å². The van der Waals surface area contributed by atoms with Gasteiger partial charge in [0.2, 0.25) is 0 Å². The molecule has 1 atom stereocenters. The topological polar surface area (TPSA) is 42.2 Å². The summed E-state index contributed by atoms with van der Waals surface area (Å²) in [6.07, 6.45) is 0.874. The molecule has 1 N–H and O–H groups in total. The maximum absolute atomic E-state index is 12.9. The first-order valence-corrected chi connectivity index (χ1v) is 9.39. The highest BCUT2D eigenvalue weighted by molar-refractivity contribution is 6.08. The minimum Gasteiger partial charge on any atom is -0.451 e. The zero-order valence-electron chi connectivity index (χ0n) is 15.6. The second-order valence-electron chi connectivity index (χ2n) is 7.38. The summed E-state index contributed by atoms with van der Waals surface area (Å²) in [6.45, 7) is 4.32. The van der Waals surface area contributed by atoms with Crippen LogP contribution in [0.3, 0.4) is 0 Å². The molecular weight excluding hydrogens is 334 g/mol. The smallest absolute Gasteiger partial charge is 0.287 e. The fraction of sp³-hybridized carbons (Fsp3) is 0.208. The second-order valence-corrected chi connectivity index (χ2v) is 7.38. The Labute approximate surface area is 159 Å². The fourth-order valence-corrected chi connectivity index (χ4v) is 3.57. The van der Waals surface area contributed by atoms with E-state index in [1.54, 1.807) is 0 Å². The van der Waals surface area contributed by atoms with E-state index in [9.17, 15) is 4.79 Å². The minimum atomic E-state index is -0.176. The van der Waals surface area contributed by atoms with Gasteiger partial charge in [0.1, 0.15) is 5.58 Å². The maximum atomic E-state index is 12.9. The third-order valence-electron chi connectivity index (χ3n) is 4.86. The zero-order chi connectivity index (χ0) is 18.8. The Hall–Kier alpha value is -3.07. The van der Waals surface area contributed by atoms with Crippen molar-refractivity contribution in [1.29, 1.82) is 0 Å². The van der Waals surface area contributed by atoms with E-state index in [0.29, 0.717) is 11.7 Å². The van der Waals surface area contributed by atoms with Gasteiger partial charge >= 0.3 is 0 Å². The van der Waals surface area contributed by atoms with E-state index in [-0.39, 0.29) is 11.9 Å². The first-order valence-electron chi connectivity index (χ1n) is 9.39. The van der Waals surface area contributed by atoms with E-state index < -0.39 is 0 Å². The predicted molar refractivity (Wildman–Crippen MR) is 110 cm³/mol. The number of amides is 1. The van der Waals surface area contributed by atoms with Gasteiger partial charge in [-0.1, -0.05) is 74.5 Å². The quantitative estimate of drug-likeness (QED) is 0.469. The van der Waals surface area contributed by atoms with Gasteiger partial charge in [0, 0.05) is 5.39 Å². The van der Waals surface area contributed by atoms with Gasteiger partial charge in [-0.25, -0.2) is 0 Å². The second kappa shape index (κ2) is 7.28. The van der Waals surface area contributed by atoms with Crippen LogP contribution in [-0.4, -0.2) is 5.91 Å². The molecule has 0 unspecified atom stereocenters. The van der Waals surface area contributed by atoms with Crippen molar-refractivity contribution < 1.29 is 9.21 Å². The maximum Gasteiger partial charge on any atom is 0.287 e. The number of nitrogens with one attached hydrogen (secondary N) is 1. The molecule has 0 radical (unpaired) electrons. The summed E-state index contributed by atoms with van der Waals surface area (Å²) in [5, 5.41) is 6.36. The molecule has 0 bridgehead atoms. The number of furan rings is 1. The van der Waals surface area contributed by atoms with E-state index >= 15 is 0 Å². The highest BCUT2D eigenvalue weighted by Crippen LogP contribution is 2.29. The van der Waals surface area contributed by atoms with E-state index in [0.717, 1.165) is 33.7 Å². The predicted octanol–water partition coefficient (Wildman–Crippen LogP) is 6.10. The first-order chi connectivity index (χ1) is 13.1. The van der Waals surface area contributed by atoms with E-state index in [1.165, 1.54) is 0 Å². The van der Waals surface area contributed by atoms with Crippen molar-refractivity contribution in [2.45, 2.75) is 26.3 Å². The number of fused-ring (bicyclic) bond motifs is 3. The Morgan fingerprint density at radius 2 is 1.67 bits per heavy atom. The van der Waals surface area contributed by atoms with Crippen molar-refractivity contribution in [3.63, 3.8) is 0 Å². The molecule has 4 aromatic rings. The summed E-state index contributed by atoms with van der Waals surface area (Å²) in [7, 11) is 0. The molecule has 1 heterocycles. The third kappa shape index (κ3) is 3.59. The zero-order valence-corrected chi connectivity index (χ0v) is 15.6. The Kier molecular flexibility index (Phi) is 4.68. The third-order valence-corrected chi connectivity index (χ3v) is 4.86. The van der Waals surface area contributed by atoms with Crippen LogP contribution in [0.5, 0.6) is 0 Å². The van der Waals surface area contributed by atoms with Gasteiger partial charge in [0.15, 0.2) is 5.76 Å². The van der Waals surface area contributed by atoms with Crippen LogP contribution in [-0.2, 0) is 0 Å². The van der Waals surface area contributed by atoms with Crippen molar-refractivity contribution in [3.05, 3.63) is 84.1 Å². The number of hydrogen-bond donors (Lipinski definition) is 1. The molecule has 3 nitrogen and oxygen atoms in total. The normalized spacial score (nSPS) is 12.6. The summed E-state index contributed by atoms with van der Waals surface area (Å²) in [6, 6.07) is 24.0. The summed E-state index contributed by atoms with van der Waals surface area (Å²) >= 11 is 0. The van der Waals surface area contributed by atoms with Crippen molar-refractivity contribution >= 4 is 27.6 Å². The lowest BCUT2D eigenvalue weighted by atomic mass is 9.97. The molecule has 0 saturated heterocycles. The molecule has 1 amide bonds. The molecule has 0 saturated carbocycles. The summed E-state index contributed by atoms with van der Waals surface area (Å²) in [4.78, 5) is 12.9. The van der Waals surface area contributed by atoms with Crippen LogP contribution in [0.2, 0.25) is 0 Å². The molecule has 1 aromatic heterocycles. The van der Waals surface area contributed by atoms with Crippen molar-refractivity contribution in [2.24, 2.45) is 5.92 Å². The molecule has 0 aliphatic carbocycles. The van der Waals surface area contributed by atoms with E-state index in [2.05, 4.69) is 43.4 Å². The van der Waals surface area contributed by atoms with Gasteiger partial charge in [-0.2, -0.15) is 0 Å². The Balaban J connectivity index is 1.66. The van der Waals surface area contributed by atoms with Crippen LogP contribution in [0.1, 0.15) is 42.4 Å². The lowest BCUT2D eigenvalue weighted by molar-refractivity contribution is 0.0906. The van der Waals surface area contributed by atoms with Crippen molar-refractivity contribution in [3.8, 4) is 0 Å². The molecule has 0 aliphatic heterocycles. The summed E-state index contributed by atoms with van der Waals surface area (Å²) in [5.41, 5.74) is 1.85. The average molecular weight is 357 g/mol. The summed E-state index contributed by atoms with van der Waals surface area (Å²) in [5.74, 6) is 0.644. The van der Waals surface area contributed by atoms with Gasteiger partial charge in [0.05, 0.1) is 6.04 Å². The monoisotopic (exact) mass is 357 g/mol. The van der Waals surface area contributed by atoms with Gasteiger partial charge in [-0.05, 0) is 40.8 Å². The largest absolute Gasteiger partial charge is 0.451 e. The summed E-state index contributed by atoms with van der Waals surface area (Å²) < 4.78 is 5.87. The molecule has 0 aliphatic rings. The van der Waals surface area contributed by atoms with Crippen molar-refractivity contribution in [2.75, 3.05) is 0 Å². The molecular formula is C24H23NO2. The van der Waals surface area contributed by atoms with Crippen LogP contribution in [0.4, 0.5) is 0 Å². The Bertz CT molecular complexity index is 1080. The van der Waals surface area contributed by atoms with Gasteiger partial charge < -0.3 is 9.73 Å². The molecule has 27 heavy (non-hydrogen) atoms. The van der Waals surface area contributed by atoms with Gasteiger partial charge in [0.25, 0.3) is 5.91 Å². The van der Waals surface area contributed by atoms with Gasteiger partial charge in [-0.15, -0.1) is 0 Å². The van der Waals surface area contributed by atoms with Crippen LogP contribution >= 0.6 is 0 Å². The number of rotatable bonds is 5. The van der Waals surface area contributed by atoms with E-state index in [4.69, 9.17) is 4.42 Å². The Morgan fingerprint density at radius 1 is 0.926 bits per heavy atom. The highest BCUT2D eigenvalue weighted by Gasteiger charge is 2.20. The lowest BCUT2D eigenvalue weighted by Gasteiger charge is -2.20. The highest BCUT2D eigenvalue weighted by atomic mass is 16.3. The number of hydrogen-bond acceptors (Lipinski definition) is 2. The fourth-order valence-electron chi connectivity index (χ4n) is 3.57. The molecule has 3 aromatic carbocycles. The average Bonchev–Trinajstić information content (AvgIpc) is 3.13. The Morgan fingerprint density at radius 3 is 2.44 bits per heavy atom. The minimum absolute atomic E-state index is 0.0383. The molecule has 0 spiro atoms. The lowest BCUT2D eigenvalue weighted by Crippen LogP contribution is -2.29. The molecule has 4 rings (SSSR count). The molecule has 136 valence electrons. The number of carbonyl (C=O) groups is 1. The SMILES string of the molecule is CC(C)C[C@H](NC(=O)c1cc2c(ccc3ccccc32)o1)c1ccccc1. The molecule has 0 fully saturated rings. The van der Waals surface area contributed by atoms with Gasteiger partial charge in [-0.3, -0.25) is 4.79 Å². The number of carbonyl (C=O) groups excluding carboxylic acids is 1. The van der Waals surface area contributed by atoms with Crippen LogP contribution in [0, 0.1) is 5.92 Å². The van der Waals surface area contributed by atoms with Crippen molar-refractivity contribution in [1.82, 2.24) is 5.32 Å². The standard InChI is InChI=1S/C24H23NO2/c1-16(2)14-21(18-9-4-3-5-10-18)25-24(26)23-15-20-19-11-7-6-8-17(19)12-13-22(20)27-23/h3-13,15-16,21H,14H2,1-2H3,(H,25,26)/t21-/m0/s1. The number of benzene rings is 3. The van der Waals surface area contributed by atoms with Crippen LogP contribution in [0.15, 0.2) is 77.2 Å². The molecule has 3 heteroatoms. The van der Waals surface area contributed by atoms with E-state index in [1.807, 2.05) is 48.5 Å². The van der Waals surface area contributed by atoms with Crippen LogP contribution in [0.25, 0.3) is 21.7 Å². The first kappa shape index (κ1) is 17.3.